The number of allylic oxidation sites excluding steroid dienone is 1. The molecule has 9 N–H and O–H groups in total. The first-order valence-electron chi connectivity index (χ1n) is 21.1. The van der Waals surface area contributed by atoms with Gasteiger partial charge in [-0.15, -0.1) is 0 Å². The smallest absolute Gasteiger partial charge is 0.253 e. The molecule has 4 aromatic rings. The lowest BCUT2D eigenvalue weighted by molar-refractivity contribution is -0.116. The van der Waals surface area contributed by atoms with Crippen molar-refractivity contribution in [1.82, 2.24) is 24.6 Å². The van der Waals surface area contributed by atoms with E-state index < -0.39 is 5.67 Å². The van der Waals surface area contributed by atoms with Gasteiger partial charge >= 0.3 is 0 Å². The number of phenolic OH excluding ortho intramolecular Hbond substituents is 1. The molecule has 0 saturated carbocycles. The summed E-state index contributed by atoms with van der Waals surface area (Å²) in [6.45, 7) is 8.29. The predicted octanol–water partition coefficient (Wildman–Crippen LogP) is 4.78. The first-order valence-corrected chi connectivity index (χ1v) is 21.1. The average molecular weight is 836 g/mol. The third-order valence-corrected chi connectivity index (χ3v) is 12.5. The highest BCUT2D eigenvalue weighted by Crippen LogP contribution is 2.35. The highest BCUT2D eigenvalue weighted by molar-refractivity contribution is 5.97. The van der Waals surface area contributed by atoms with Crippen molar-refractivity contribution in [1.29, 1.82) is 0 Å². The van der Waals surface area contributed by atoms with Gasteiger partial charge in [0.1, 0.15) is 23.3 Å². The quantitative estimate of drug-likeness (QED) is 0.0620. The number of fused-ring (bicyclic) bond motifs is 1. The van der Waals surface area contributed by atoms with E-state index >= 15 is 4.39 Å². The minimum atomic E-state index is -1.36. The molecule has 4 heterocycles. The fraction of sp³-hybridized carbons (Fsp3) is 0.413. The van der Waals surface area contributed by atoms with Gasteiger partial charge in [0.15, 0.2) is 0 Å². The van der Waals surface area contributed by atoms with E-state index in [0.717, 1.165) is 59.2 Å². The van der Waals surface area contributed by atoms with Crippen LogP contribution in [0.2, 0.25) is 0 Å². The van der Waals surface area contributed by atoms with E-state index in [2.05, 4.69) is 32.4 Å². The Labute approximate surface area is 356 Å². The zero-order valence-electron chi connectivity index (χ0n) is 35.0. The second-order valence-corrected chi connectivity index (χ2v) is 16.5. The number of phenols is 1. The van der Waals surface area contributed by atoms with E-state index in [0.29, 0.717) is 81.1 Å². The summed E-state index contributed by atoms with van der Waals surface area (Å²) in [5.74, 6) is -0.106. The Morgan fingerprint density at radius 1 is 0.967 bits per heavy atom. The number of nitrogens with zero attached hydrogens (tertiary/aromatic N) is 4. The lowest BCUT2D eigenvalue weighted by atomic mass is 9.91. The van der Waals surface area contributed by atoms with Crippen molar-refractivity contribution in [3.8, 4) is 5.75 Å². The van der Waals surface area contributed by atoms with Crippen LogP contribution in [0, 0.1) is 13.8 Å². The Hall–Kier alpha value is -6.06. The van der Waals surface area contributed by atoms with Gasteiger partial charge in [-0.2, -0.15) is 0 Å². The van der Waals surface area contributed by atoms with Gasteiger partial charge in [-0.25, -0.2) is 4.39 Å². The lowest BCUT2D eigenvalue weighted by Gasteiger charge is -2.41. The largest absolute Gasteiger partial charge is 0.507 e. The van der Waals surface area contributed by atoms with Gasteiger partial charge in [0.05, 0.1) is 12.3 Å². The Balaban J connectivity index is 0.904. The van der Waals surface area contributed by atoms with E-state index in [1.54, 1.807) is 35.2 Å². The maximum Gasteiger partial charge on any atom is 0.253 e. The number of likely N-dealkylation sites (tertiary alicyclic amines) is 2. The average Bonchev–Trinajstić information content (AvgIpc) is 3.69. The van der Waals surface area contributed by atoms with Crippen molar-refractivity contribution >= 4 is 40.5 Å². The second-order valence-electron chi connectivity index (χ2n) is 16.5. The molecule has 0 bridgehead atoms. The Morgan fingerprint density at radius 3 is 2.43 bits per heavy atom. The van der Waals surface area contributed by atoms with Crippen LogP contribution in [0.25, 0.3) is 16.6 Å². The van der Waals surface area contributed by atoms with Crippen molar-refractivity contribution in [2.24, 2.45) is 17.2 Å². The second kappa shape index (κ2) is 18.7. The summed E-state index contributed by atoms with van der Waals surface area (Å²) >= 11 is 0. The number of aromatic hydroxyl groups is 1. The van der Waals surface area contributed by atoms with Crippen LogP contribution >= 0.6 is 0 Å². The lowest BCUT2D eigenvalue weighted by Crippen LogP contribution is -2.51. The van der Waals surface area contributed by atoms with Crippen molar-refractivity contribution < 1.29 is 28.6 Å². The summed E-state index contributed by atoms with van der Waals surface area (Å²) in [6.07, 6.45) is 6.63. The van der Waals surface area contributed by atoms with Gasteiger partial charge in [0.25, 0.3) is 5.91 Å². The van der Waals surface area contributed by atoms with Crippen LogP contribution in [0.15, 0.2) is 84.5 Å². The Bertz CT molecular complexity index is 2310. The van der Waals surface area contributed by atoms with Gasteiger partial charge in [-0.3, -0.25) is 14.4 Å². The number of para-hydroxylation sites is 1. The molecule has 3 amide bonds. The SMILES string of the molecule is Cc1cc(C(=O)N2CCC(F)(CN3CCC(n4ccc5c(C)c(NC(=O)CCNC=O)ccc54)CC3)CC2)ccc1C1CN(C(/C=C(\N)c2ccccc2O)=C(N)N)CCO1. The number of anilines is 1. The number of nitrogens with one attached hydrogen (secondary N) is 2. The summed E-state index contributed by atoms with van der Waals surface area (Å²) < 4.78 is 24.9. The summed E-state index contributed by atoms with van der Waals surface area (Å²) in [5, 5.41) is 16.8. The van der Waals surface area contributed by atoms with Crippen molar-refractivity contribution in [3.05, 3.63) is 112 Å². The summed E-state index contributed by atoms with van der Waals surface area (Å²) in [7, 11) is 0. The number of carbonyl (C=O) groups is 3. The molecule has 15 heteroatoms. The molecular weight excluding hydrogens is 778 g/mol. The number of carbonyl (C=O) groups excluding carboxylic acids is 3. The van der Waals surface area contributed by atoms with Crippen LogP contribution < -0.4 is 27.8 Å². The molecule has 1 atom stereocenters. The first kappa shape index (κ1) is 43.0. The number of aromatic nitrogens is 1. The molecule has 0 radical (unpaired) electrons. The van der Waals surface area contributed by atoms with Crippen molar-refractivity contribution in [2.75, 3.05) is 64.3 Å². The predicted molar refractivity (Wildman–Crippen MR) is 235 cm³/mol. The van der Waals surface area contributed by atoms with Crippen molar-refractivity contribution in [2.45, 2.75) is 63.8 Å². The van der Waals surface area contributed by atoms with E-state index in [1.807, 2.05) is 49.1 Å². The van der Waals surface area contributed by atoms with Crippen LogP contribution in [0.4, 0.5) is 10.1 Å². The van der Waals surface area contributed by atoms with E-state index in [4.69, 9.17) is 21.9 Å². The number of aryl methyl sites for hydroxylation is 2. The first-order chi connectivity index (χ1) is 29.3. The molecule has 3 fully saturated rings. The van der Waals surface area contributed by atoms with E-state index in [-0.39, 0.29) is 48.5 Å². The topological polar surface area (TPSA) is 197 Å². The molecule has 1 aromatic heterocycles. The summed E-state index contributed by atoms with van der Waals surface area (Å²) in [6, 6.07) is 18.8. The number of rotatable bonds is 13. The van der Waals surface area contributed by atoms with Crippen LogP contribution in [-0.2, 0) is 14.3 Å². The molecule has 3 aliphatic rings. The fourth-order valence-electron chi connectivity index (χ4n) is 9.03. The number of hydrogen-bond donors (Lipinski definition) is 6. The number of alkyl halides is 1. The molecular formula is C46H58FN9O5. The Kier molecular flexibility index (Phi) is 13.2. The zero-order chi connectivity index (χ0) is 43.3. The van der Waals surface area contributed by atoms with Gasteiger partial charge < -0.3 is 56.9 Å². The number of ether oxygens (including phenoxy) is 1. The molecule has 1 unspecified atom stereocenters. The van der Waals surface area contributed by atoms with Crippen LogP contribution in [0.1, 0.15) is 76.9 Å². The molecule has 3 aliphatic heterocycles. The normalized spacial score (nSPS) is 18.8. The van der Waals surface area contributed by atoms with Gasteiger partial charge in [-0.1, -0.05) is 18.2 Å². The number of piperidine rings is 2. The molecule has 3 saturated heterocycles. The van der Waals surface area contributed by atoms with E-state index in [9.17, 15) is 19.5 Å². The molecule has 3 aromatic carbocycles. The number of nitrogens with two attached hydrogens (primary N) is 3. The molecule has 0 spiro atoms. The highest BCUT2D eigenvalue weighted by Gasteiger charge is 2.39. The van der Waals surface area contributed by atoms with Crippen LogP contribution in [0.5, 0.6) is 5.75 Å². The molecule has 7 rings (SSSR count). The minimum Gasteiger partial charge on any atom is -0.507 e. The third-order valence-electron chi connectivity index (χ3n) is 12.5. The third kappa shape index (κ3) is 9.79. The summed E-state index contributed by atoms with van der Waals surface area (Å²) in [4.78, 5) is 42.6. The number of benzene rings is 3. The number of halogens is 1. The maximum absolute atomic E-state index is 16.4. The summed E-state index contributed by atoms with van der Waals surface area (Å²) in [5.41, 5.74) is 23.9. The number of amides is 3. The highest BCUT2D eigenvalue weighted by atomic mass is 19.1. The van der Waals surface area contributed by atoms with Crippen LogP contribution in [-0.4, -0.2) is 107 Å². The van der Waals surface area contributed by atoms with E-state index in [1.165, 1.54) is 0 Å². The molecule has 14 nitrogen and oxygen atoms in total. The minimum absolute atomic E-state index is 0.0564. The van der Waals surface area contributed by atoms with Gasteiger partial charge in [0.2, 0.25) is 12.3 Å². The van der Waals surface area contributed by atoms with Gasteiger partial charge in [0, 0.05) is 117 Å². The van der Waals surface area contributed by atoms with Crippen molar-refractivity contribution in [3.63, 3.8) is 0 Å². The maximum atomic E-state index is 16.4. The number of morpholine rings is 1. The number of hydrogen-bond acceptors (Lipinski definition) is 10. The zero-order valence-corrected chi connectivity index (χ0v) is 35.0. The fourth-order valence-corrected chi connectivity index (χ4v) is 9.03. The standard InChI is InChI=1S/C46H58FN9O5/c1-30-25-32(7-8-34(30)42-27-55(23-24-61-42)40(44(49)50)26-37(48)36-5-3-4-6-41(36)58)45(60)54-21-15-46(47,16-22-54)28-53-18-12-33(13-19-53)56-20-14-35-31(2)38(9-10-39(35)56)52-43(59)11-17-51-29-57/h3-10,14,20,25-26,29,33,42,58H,11-13,15-19,21-24,27-28,48-50H2,1-2H3,(H,51,57)(H,52,59)/b37-26-. The Morgan fingerprint density at radius 2 is 1.72 bits per heavy atom. The molecule has 324 valence electrons. The van der Waals surface area contributed by atoms with Crippen LogP contribution in [0.3, 0.4) is 0 Å². The molecule has 61 heavy (non-hydrogen) atoms. The molecule has 0 aliphatic carbocycles. The monoisotopic (exact) mass is 835 g/mol. The van der Waals surface area contributed by atoms with Gasteiger partial charge in [-0.05, 0) is 91.9 Å².